The van der Waals surface area contributed by atoms with Crippen molar-refractivity contribution < 1.29 is 33.6 Å². The Kier molecular flexibility index (Phi) is 6.62. The van der Waals surface area contributed by atoms with E-state index in [1.54, 1.807) is 38.2 Å². The lowest BCUT2D eigenvalue weighted by atomic mass is 9.98. The molecule has 40 heavy (non-hydrogen) atoms. The second-order valence-corrected chi connectivity index (χ2v) is 11.1. The van der Waals surface area contributed by atoms with Crippen LogP contribution in [-0.2, 0) is 17.8 Å². The molecule has 208 valence electrons. The van der Waals surface area contributed by atoms with Crippen LogP contribution in [0.2, 0.25) is 0 Å². The summed E-state index contributed by atoms with van der Waals surface area (Å²) in [5.41, 5.74) is 2.30. The molecule has 0 saturated carbocycles. The summed E-state index contributed by atoms with van der Waals surface area (Å²) in [5, 5.41) is 24.5. The van der Waals surface area contributed by atoms with Gasteiger partial charge in [-0.3, -0.25) is 9.48 Å². The third-order valence-electron chi connectivity index (χ3n) is 7.58. The van der Waals surface area contributed by atoms with Crippen molar-refractivity contribution in [2.75, 3.05) is 6.61 Å². The molecular weight excluding hydrogens is 515 g/mol. The van der Waals surface area contributed by atoms with Crippen LogP contribution >= 0.6 is 0 Å². The van der Waals surface area contributed by atoms with E-state index in [0.717, 1.165) is 22.0 Å². The molecule has 0 spiro atoms. The molecule has 2 heterocycles. The average molecular weight is 547 g/mol. The van der Waals surface area contributed by atoms with Gasteiger partial charge in [-0.05, 0) is 69.5 Å². The van der Waals surface area contributed by atoms with Crippen LogP contribution in [-0.4, -0.2) is 38.2 Å². The molecule has 3 aromatic carbocycles. The predicted molar refractivity (Wildman–Crippen MR) is 146 cm³/mol. The van der Waals surface area contributed by atoms with Crippen LogP contribution in [0.25, 0.3) is 10.9 Å². The highest BCUT2D eigenvalue weighted by Crippen LogP contribution is 2.44. The van der Waals surface area contributed by atoms with Crippen molar-refractivity contribution >= 4 is 16.9 Å². The van der Waals surface area contributed by atoms with Gasteiger partial charge in [-0.2, -0.15) is 5.10 Å². The maximum atomic E-state index is 15.1. The molecule has 0 radical (unpaired) electrons. The zero-order chi connectivity index (χ0) is 28.0. The highest BCUT2D eigenvalue weighted by molar-refractivity contribution is 5.80. The van der Waals surface area contributed by atoms with E-state index in [2.05, 4.69) is 5.10 Å². The summed E-state index contributed by atoms with van der Waals surface area (Å²) in [4.78, 5) is 11.1. The Morgan fingerprint density at radius 1 is 1.18 bits per heavy atom. The first-order chi connectivity index (χ1) is 19.1. The van der Waals surface area contributed by atoms with Crippen molar-refractivity contribution in [3.8, 4) is 23.0 Å². The van der Waals surface area contributed by atoms with Crippen LogP contribution in [0.1, 0.15) is 61.8 Å². The first kappa shape index (κ1) is 26.1. The highest BCUT2D eigenvalue weighted by Gasteiger charge is 2.32. The lowest BCUT2D eigenvalue weighted by molar-refractivity contribution is -0.137. The number of aliphatic hydroxyl groups is 1. The van der Waals surface area contributed by atoms with Crippen LogP contribution in [0.15, 0.2) is 54.7 Å². The fourth-order valence-electron chi connectivity index (χ4n) is 5.54. The van der Waals surface area contributed by atoms with Gasteiger partial charge in [0.15, 0.2) is 0 Å². The Bertz CT molecular complexity index is 1590. The zero-order valence-electron chi connectivity index (χ0n) is 22.4. The maximum Gasteiger partial charge on any atom is 0.304 e. The number of hydrogen-bond donors (Lipinski definition) is 2. The van der Waals surface area contributed by atoms with Crippen molar-refractivity contribution in [3.05, 3.63) is 77.2 Å². The second-order valence-electron chi connectivity index (χ2n) is 11.1. The standard InChI is InChI=1S/C31H31FN2O6/c1-31(2,37)11-12-34-25-8-4-20(13-18(25)16-33-34)39-26-10-7-24(32)30-23(26)6-9-27(30)40-21-3-5-22-19(14-29(35)36)17-38-28(22)15-21/h3-5,7-8,10,13,15-16,19,27,37H,6,9,11-12,14,17H2,1-2H3,(H,35,36)/t19?,27-/m1/s1. The van der Waals surface area contributed by atoms with E-state index in [0.29, 0.717) is 61.0 Å². The molecule has 8 nitrogen and oxygen atoms in total. The first-order valence-electron chi connectivity index (χ1n) is 13.5. The predicted octanol–water partition coefficient (Wildman–Crippen LogP) is 6.15. The third-order valence-corrected chi connectivity index (χ3v) is 7.58. The Hall–Kier alpha value is -4.11. The molecule has 0 saturated heterocycles. The van der Waals surface area contributed by atoms with Gasteiger partial charge in [0.25, 0.3) is 0 Å². The normalized spacial score (nSPS) is 17.9. The number of rotatable bonds is 9. The maximum absolute atomic E-state index is 15.1. The average Bonchev–Trinajstić information content (AvgIpc) is 3.61. The molecule has 0 amide bonds. The molecule has 0 bridgehead atoms. The van der Waals surface area contributed by atoms with Gasteiger partial charge in [0.1, 0.15) is 34.9 Å². The molecule has 2 aliphatic rings. The van der Waals surface area contributed by atoms with Crippen molar-refractivity contribution in [1.82, 2.24) is 9.78 Å². The summed E-state index contributed by atoms with van der Waals surface area (Å²) >= 11 is 0. The van der Waals surface area contributed by atoms with E-state index < -0.39 is 17.7 Å². The first-order valence-corrected chi connectivity index (χ1v) is 13.5. The monoisotopic (exact) mass is 546 g/mol. The van der Waals surface area contributed by atoms with Crippen LogP contribution < -0.4 is 14.2 Å². The van der Waals surface area contributed by atoms with Crippen molar-refractivity contribution in [1.29, 1.82) is 0 Å². The largest absolute Gasteiger partial charge is 0.492 e. The number of benzene rings is 3. The summed E-state index contributed by atoms with van der Waals surface area (Å²) in [5.74, 6) is 0.975. The number of carboxylic acid groups (broad SMARTS) is 1. The second kappa shape index (κ2) is 10.1. The van der Waals surface area contributed by atoms with Gasteiger partial charge in [-0.15, -0.1) is 0 Å². The molecule has 1 aliphatic carbocycles. The van der Waals surface area contributed by atoms with Gasteiger partial charge in [-0.1, -0.05) is 6.07 Å². The van der Waals surface area contributed by atoms with Crippen LogP contribution in [0.3, 0.4) is 0 Å². The number of carbonyl (C=O) groups is 1. The number of aryl methyl sites for hydroxylation is 1. The topological polar surface area (TPSA) is 103 Å². The molecular formula is C31H31FN2O6. The minimum atomic E-state index is -0.866. The van der Waals surface area contributed by atoms with Crippen LogP contribution in [0, 0.1) is 5.82 Å². The number of ether oxygens (including phenoxy) is 3. The molecule has 2 atom stereocenters. The van der Waals surface area contributed by atoms with Crippen molar-refractivity contribution in [3.63, 3.8) is 0 Å². The molecule has 4 aromatic rings. The summed E-state index contributed by atoms with van der Waals surface area (Å²) in [6.45, 7) is 4.47. The molecule has 1 aromatic heterocycles. The van der Waals surface area contributed by atoms with E-state index in [4.69, 9.17) is 19.3 Å². The number of fused-ring (bicyclic) bond motifs is 3. The Labute approximate surface area is 230 Å². The van der Waals surface area contributed by atoms with E-state index in [1.165, 1.54) is 6.07 Å². The van der Waals surface area contributed by atoms with Crippen LogP contribution in [0.5, 0.6) is 23.0 Å². The molecule has 6 rings (SSSR count). The van der Waals surface area contributed by atoms with E-state index in [-0.39, 0.29) is 18.2 Å². The van der Waals surface area contributed by atoms with Crippen LogP contribution in [0.4, 0.5) is 4.39 Å². The number of hydrogen-bond acceptors (Lipinski definition) is 6. The van der Waals surface area contributed by atoms with Gasteiger partial charge in [-0.25, -0.2) is 4.39 Å². The number of aliphatic carboxylic acids is 1. The number of aromatic nitrogens is 2. The number of nitrogens with zero attached hydrogens (tertiary/aromatic N) is 2. The van der Waals surface area contributed by atoms with Gasteiger partial charge in [0, 0.05) is 40.6 Å². The summed E-state index contributed by atoms with van der Waals surface area (Å²) in [6.07, 6.45) is 3.08. The quantitative estimate of drug-likeness (QED) is 0.260. The number of carboxylic acids is 1. The van der Waals surface area contributed by atoms with Gasteiger partial charge in [0.05, 0.1) is 30.3 Å². The third kappa shape index (κ3) is 5.21. The number of halogens is 1. The van der Waals surface area contributed by atoms with Crippen molar-refractivity contribution in [2.24, 2.45) is 0 Å². The fourth-order valence-corrected chi connectivity index (χ4v) is 5.54. The molecule has 0 fully saturated rings. The Morgan fingerprint density at radius 2 is 2.00 bits per heavy atom. The smallest absolute Gasteiger partial charge is 0.304 e. The highest BCUT2D eigenvalue weighted by atomic mass is 19.1. The summed E-state index contributed by atoms with van der Waals surface area (Å²) in [7, 11) is 0. The minimum Gasteiger partial charge on any atom is -0.492 e. The molecule has 1 unspecified atom stereocenters. The Balaban J connectivity index is 1.19. The SMILES string of the molecule is CC(C)(O)CCn1ncc2cc(Oc3ccc(F)c4c3CC[C@H]4Oc3ccc4c(c3)OCC4CC(=O)O)ccc21. The molecule has 9 heteroatoms. The van der Waals surface area contributed by atoms with Gasteiger partial charge in [0.2, 0.25) is 0 Å². The lowest BCUT2D eigenvalue weighted by Gasteiger charge is -2.17. The van der Waals surface area contributed by atoms with E-state index in [1.807, 2.05) is 28.9 Å². The van der Waals surface area contributed by atoms with E-state index in [9.17, 15) is 9.90 Å². The summed E-state index contributed by atoms with van der Waals surface area (Å²) < 4.78 is 35.1. The van der Waals surface area contributed by atoms with E-state index >= 15 is 4.39 Å². The fraction of sp³-hybridized carbons (Fsp3) is 0.355. The summed E-state index contributed by atoms with van der Waals surface area (Å²) in [6, 6.07) is 14.1. The minimum absolute atomic E-state index is 0.00846. The van der Waals surface area contributed by atoms with Gasteiger partial charge < -0.3 is 24.4 Å². The van der Waals surface area contributed by atoms with Crippen molar-refractivity contribution in [2.45, 2.75) is 63.7 Å². The lowest BCUT2D eigenvalue weighted by Crippen LogP contribution is -2.21. The van der Waals surface area contributed by atoms with Gasteiger partial charge >= 0.3 is 5.97 Å². The molecule has 1 aliphatic heterocycles. The zero-order valence-corrected chi connectivity index (χ0v) is 22.4. The molecule has 2 N–H and O–H groups in total. The Morgan fingerprint density at radius 3 is 2.80 bits per heavy atom.